The number of isocyanates is 1. The summed E-state index contributed by atoms with van der Waals surface area (Å²) in [4.78, 5) is 124. The highest BCUT2D eigenvalue weighted by Crippen LogP contribution is 2.60. The summed E-state index contributed by atoms with van der Waals surface area (Å²) in [5.41, 5.74) is 22.5. The number of hydrogen-bond acceptors (Lipinski definition) is 16. The van der Waals surface area contributed by atoms with Crippen LogP contribution in [0.5, 0.6) is 0 Å². The summed E-state index contributed by atoms with van der Waals surface area (Å²) in [6.45, 7) is 26.6. The van der Waals surface area contributed by atoms with Crippen LogP contribution in [0.3, 0.4) is 0 Å². The summed E-state index contributed by atoms with van der Waals surface area (Å²) in [5.74, 6) is -1.85. The number of nitrogens with zero attached hydrogens (tertiary/aromatic N) is 6. The molecule has 146 heavy (non-hydrogen) atoms. The lowest BCUT2D eigenvalue weighted by Gasteiger charge is -2.52. The Kier molecular flexibility index (Phi) is 39.0. The second-order valence-corrected chi connectivity index (χ2v) is 41.5. The monoisotopic (exact) mass is 2140 g/mol. The number of methoxy groups -OCH3 is 1. The molecule has 1 atom stereocenters. The maximum absolute atomic E-state index is 14.1. The van der Waals surface area contributed by atoms with Gasteiger partial charge in [0.05, 0.1) is 18.5 Å². The Hall–Kier alpha value is -14.0. The van der Waals surface area contributed by atoms with E-state index in [0.29, 0.717) is 29.9 Å². The van der Waals surface area contributed by atoms with E-state index in [2.05, 4.69) is 136 Å². The number of urea groups is 3. The van der Waals surface area contributed by atoms with Gasteiger partial charge in [0.15, 0.2) is 5.72 Å². The smallest absolute Gasteiger partial charge is 0.373 e. The van der Waals surface area contributed by atoms with Crippen molar-refractivity contribution >= 4 is 144 Å². The largest absolute Gasteiger partial charge is 0.480 e. The first-order chi connectivity index (χ1) is 69.6. The van der Waals surface area contributed by atoms with E-state index in [4.69, 9.17) is 30.3 Å². The topological polar surface area (TPSA) is 331 Å². The molecule has 7 amide bonds. The molecule has 1 unspecified atom stereocenters. The van der Waals surface area contributed by atoms with Crippen molar-refractivity contribution in [2.24, 2.45) is 10.7 Å². The van der Waals surface area contributed by atoms with Crippen molar-refractivity contribution in [3.63, 3.8) is 0 Å². The minimum atomic E-state index is -1.46. The number of imide groups is 1. The van der Waals surface area contributed by atoms with E-state index in [-0.39, 0.29) is 41.7 Å². The van der Waals surface area contributed by atoms with Crippen LogP contribution >= 0.6 is 38.5 Å². The Labute approximate surface area is 880 Å². The average molecular weight is 2150 g/mol. The van der Waals surface area contributed by atoms with Crippen molar-refractivity contribution in [2.75, 3.05) is 47.6 Å². The fourth-order valence-corrected chi connectivity index (χ4v) is 19.2. The van der Waals surface area contributed by atoms with Crippen LogP contribution in [0.4, 0.5) is 65.6 Å². The number of hydrogen-bond donors (Lipinski definition) is 7. The lowest BCUT2D eigenvalue weighted by atomic mass is 9.66. The molecule has 762 valence electrons. The predicted octanol–water partition coefficient (Wildman–Crippen LogP) is 26.9. The molecule has 0 bridgehead atoms. The number of carbonyl (C=O) groups excluding carboxylic acids is 8. The van der Waals surface area contributed by atoms with E-state index in [1.54, 1.807) is 21.9 Å². The third kappa shape index (κ3) is 27.6. The average Bonchev–Trinajstić information content (AvgIpc) is 1.51. The standard InChI is InChI=1S/C27H28N2O2.C20H20N2O2.C20H24N2O.C13H17NO2.C12H15NO2.C8H7NO.C7H7Br.C7H7I.C5H9NO2.CO2/c1-19-8-12-23(13-9-19)28-25(30)29(24-14-10-20(2)11-15-24)27(31,26(28)16-5-17-26)22-7-4-6-21(3)18-22;1-14-4-8-16(9-5-14)21-18(23)20(12-3-13-20)22(19(21)24)17-10-6-15(2)7-11-17;1-15-5-9-17(10-6-15)21-19(23)22(20(3)13-4-14-20)18-11-7-16(2)8-12-18;1-10-4-6-11(7-5-10)14-13(8-3-9-13)12(15)16-2;1-9-3-5-10(6-4-9)13-12(11(14)15)7-2-8-12;1-7-2-4-8(5-3-7)9-6-10;1-6-3-2-4-7(8)5-6;1-6-2-4-7(8)5-3-6;6-5(4(7)8)2-1-3-5;2-1-3/h4,6-15,18,31H,5,16-17H2,1-3H3;4-11H,3,12-13H2,1-2H3;5-12H,4,13-14H2,1-3H3,(H,21,23);4-7,14H,3,8-9H2,1-2H3;3-6,13H,2,7-8H2,1H3,(H,14,15);2-5H,1H3;2*2-5H,1H3;1-3,6H2,(H,7,8);. The molecule has 8 aliphatic rings. The molecule has 20 rings (SSSR count). The number of aliphatic imine (C=N–C) groups is 1. The van der Waals surface area contributed by atoms with Crippen LogP contribution in [0.1, 0.15) is 195 Å². The number of halogens is 2. The van der Waals surface area contributed by atoms with Gasteiger partial charge in [-0.15, -0.1) is 0 Å². The number of anilines is 8. The Morgan fingerprint density at radius 2 is 0.781 bits per heavy atom. The highest BCUT2D eigenvalue weighted by molar-refractivity contribution is 14.1. The lowest BCUT2D eigenvalue weighted by Crippen LogP contribution is -2.63. The number of ether oxygens (including phenoxy) is 1. The Morgan fingerprint density at radius 1 is 0.418 bits per heavy atom. The van der Waals surface area contributed by atoms with Crippen LogP contribution in [0.2, 0.25) is 0 Å². The lowest BCUT2D eigenvalue weighted by molar-refractivity contribution is -0.192. The molecule has 12 aromatic carbocycles. The normalized spacial score (nSPS) is 17.0. The van der Waals surface area contributed by atoms with Crippen molar-refractivity contribution in [3.8, 4) is 0 Å². The number of benzene rings is 12. The molecule has 2 heterocycles. The number of amides is 7. The maximum Gasteiger partial charge on any atom is 0.373 e. The summed E-state index contributed by atoms with van der Waals surface area (Å²) in [5, 5.41) is 39.5. The number of carboxylic acids is 2. The van der Waals surface area contributed by atoms with Gasteiger partial charge in [-0.05, 0) is 362 Å². The van der Waals surface area contributed by atoms with E-state index in [1.165, 1.54) is 61.5 Å². The fraction of sp³-hybridized carbons (Fsp3) is 0.325. The van der Waals surface area contributed by atoms with Gasteiger partial charge < -0.3 is 41.7 Å². The van der Waals surface area contributed by atoms with Gasteiger partial charge in [0.25, 0.3) is 5.91 Å². The molecule has 2 saturated heterocycles. The van der Waals surface area contributed by atoms with Crippen LogP contribution < -0.4 is 46.2 Å². The van der Waals surface area contributed by atoms with Gasteiger partial charge >= 0.3 is 42.2 Å². The summed E-state index contributed by atoms with van der Waals surface area (Å²) in [6, 6.07) is 94.7. The van der Waals surface area contributed by atoms with Crippen LogP contribution in [-0.4, -0.2) is 110 Å². The first-order valence-electron chi connectivity index (χ1n) is 49.4. The number of carboxylic acid groups (broad SMARTS) is 2. The van der Waals surface area contributed by atoms with E-state index in [1.807, 2.05) is 303 Å². The number of rotatable bonds is 16. The number of carbonyl (C=O) groups is 7. The molecule has 2 spiro atoms. The van der Waals surface area contributed by atoms with Gasteiger partial charge in [0.1, 0.15) is 27.7 Å². The minimum Gasteiger partial charge on any atom is -0.480 e. The van der Waals surface area contributed by atoms with Crippen molar-refractivity contribution in [1.82, 2.24) is 0 Å². The Bertz CT molecular complexity index is 6480. The van der Waals surface area contributed by atoms with Gasteiger partial charge in [0.2, 0.25) is 6.08 Å². The number of nitrogens with one attached hydrogen (secondary N) is 3. The number of aliphatic carboxylic acids is 2. The van der Waals surface area contributed by atoms with Crippen molar-refractivity contribution < 1.29 is 68.0 Å². The number of nitrogens with two attached hydrogens (primary N) is 1. The zero-order valence-electron chi connectivity index (χ0n) is 85.8. The van der Waals surface area contributed by atoms with E-state index >= 15 is 0 Å². The van der Waals surface area contributed by atoms with E-state index < -0.39 is 45.4 Å². The third-order valence-electron chi connectivity index (χ3n) is 28.1. The summed E-state index contributed by atoms with van der Waals surface area (Å²) in [6.07, 6.45) is 17.4. The summed E-state index contributed by atoms with van der Waals surface area (Å²) < 4.78 is 7.30. The minimum absolute atomic E-state index is 0.0556. The van der Waals surface area contributed by atoms with Gasteiger partial charge in [0, 0.05) is 59.0 Å². The number of aliphatic hydroxyl groups is 1. The molecule has 6 saturated carbocycles. The van der Waals surface area contributed by atoms with Gasteiger partial charge in [-0.3, -0.25) is 29.2 Å². The van der Waals surface area contributed by atoms with Crippen molar-refractivity contribution in [2.45, 2.75) is 245 Å². The molecule has 0 aromatic heterocycles. The molecule has 24 nitrogen and oxygen atoms in total. The quantitative estimate of drug-likeness (QED) is 0.0155. The molecular formula is C120H134BrIN10O14. The molecule has 0 radical (unpaired) electrons. The van der Waals surface area contributed by atoms with Crippen LogP contribution in [-0.2, 0) is 44.0 Å². The number of aryl methyl sites for hydroxylation is 12. The SMILES string of the molecule is COC(=O)C1(Nc2ccc(C)cc2)CCC1.Cc1ccc(I)cc1.Cc1ccc(N2C(=O)N(c3ccc(C)cc3)C(O)(c3cccc(C)c3)C23CCC3)cc1.Cc1ccc(N2C(=O)N(c3ccc(C)cc3)C3(CCC3)C2=O)cc1.Cc1ccc(N=C=O)cc1.Cc1ccc(NC(=O)N(c2ccc(C)cc2)C2(C)CCC2)cc1.Cc1ccc(NC2(C(=O)O)CCC2)cc1.Cc1cccc(Br)c1.NC1(C(=O)O)CCC1.O=C=O. The predicted molar refractivity (Wildman–Crippen MR) is 592 cm³/mol. The summed E-state index contributed by atoms with van der Waals surface area (Å²) >= 11 is 5.66. The molecular weight excluding hydrogens is 2010 g/mol. The molecule has 26 heteroatoms. The first-order valence-corrected chi connectivity index (χ1v) is 51.3. The van der Waals surface area contributed by atoms with Gasteiger partial charge in [-0.2, -0.15) is 14.6 Å². The fourth-order valence-electron chi connectivity index (χ4n) is 18.3. The van der Waals surface area contributed by atoms with Crippen LogP contribution in [0.25, 0.3) is 0 Å². The van der Waals surface area contributed by atoms with Crippen LogP contribution in [0.15, 0.2) is 301 Å². The highest BCUT2D eigenvalue weighted by atomic mass is 127. The Balaban J connectivity index is 0.000000162. The first kappa shape index (κ1) is 112. The van der Waals surface area contributed by atoms with Gasteiger partial charge in [-0.1, -0.05) is 240 Å². The van der Waals surface area contributed by atoms with Gasteiger partial charge in [-0.25, -0.2) is 33.7 Å². The van der Waals surface area contributed by atoms with E-state index in [9.17, 15) is 43.5 Å². The molecule has 2 aliphatic heterocycles. The maximum atomic E-state index is 14.1. The zero-order valence-corrected chi connectivity index (χ0v) is 89.5. The molecule has 12 aromatic rings. The molecule has 8 N–H and O–H groups in total. The second kappa shape index (κ2) is 50.7. The van der Waals surface area contributed by atoms with Crippen LogP contribution in [0, 0.1) is 86.7 Å². The highest BCUT2D eigenvalue weighted by Gasteiger charge is 2.71. The van der Waals surface area contributed by atoms with Crippen molar-refractivity contribution in [1.29, 1.82) is 0 Å². The third-order valence-corrected chi connectivity index (χ3v) is 29.3. The van der Waals surface area contributed by atoms with E-state index in [0.717, 1.165) is 174 Å². The Morgan fingerprint density at radius 3 is 1.11 bits per heavy atom. The van der Waals surface area contributed by atoms with Crippen molar-refractivity contribution in [3.05, 3.63) is 372 Å². The molecule has 6 aliphatic carbocycles. The second-order valence-electron chi connectivity index (χ2n) is 39.4. The summed E-state index contributed by atoms with van der Waals surface area (Å²) in [7, 11) is 1.44. The molecule has 8 fully saturated rings. The zero-order chi connectivity index (χ0) is 106. The number of esters is 1.